The first-order valence-corrected chi connectivity index (χ1v) is 6.74. The van der Waals surface area contributed by atoms with Crippen LogP contribution in [0.4, 0.5) is 5.69 Å². The van der Waals surface area contributed by atoms with E-state index in [4.69, 9.17) is 10.8 Å². The summed E-state index contributed by atoms with van der Waals surface area (Å²) in [5, 5.41) is 20.7. The number of rotatable bonds is 5. The van der Waals surface area contributed by atoms with Crippen molar-refractivity contribution in [1.29, 1.82) is 0 Å². The minimum absolute atomic E-state index is 0.0169. The first-order valence-electron chi connectivity index (χ1n) is 6.74. The van der Waals surface area contributed by atoms with Crippen LogP contribution in [0.3, 0.4) is 0 Å². The number of hydrogen-bond acceptors (Lipinski definition) is 4. The summed E-state index contributed by atoms with van der Waals surface area (Å²) in [5.41, 5.74) is 7.74. The van der Waals surface area contributed by atoms with E-state index in [1.807, 2.05) is 6.07 Å². The van der Waals surface area contributed by atoms with Gasteiger partial charge < -0.3 is 15.8 Å². The lowest BCUT2D eigenvalue weighted by molar-refractivity contribution is -0.383. The summed E-state index contributed by atoms with van der Waals surface area (Å²) >= 11 is 0. The van der Waals surface area contributed by atoms with Crippen LogP contribution in [0.1, 0.15) is 29.9 Å². The van der Waals surface area contributed by atoms with Crippen LogP contribution in [0.25, 0.3) is 10.9 Å². The van der Waals surface area contributed by atoms with Crippen molar-refractivity contribution in [3.05, 3.63) is 39.6 Å². The fourth-order valence-electron chi connectivity index (χ4n) is 2.62. The number of aromatic amines is 1. The van der Waals surface area contributed by atoms with Gasteiger partial charge in [0.2, 0.25) is 0 Å². The zero-order valence-corrected chi connectivity index (χ0v) is 11.2. The van der Waals surface area contributed by atoms with Crippen LogP contribution in [-0.4, -0.2) is 27.0 Å². The lowest BCUT2D eigenvalue weighted by Crippen LogP contribution is -2.32. The molecule has 7 nitrogen and oxygen atoms in total. The number of aliphatic carboxylic acids is 1. The maximum atomic E-state index is 11.3. The van der Waals surface area contributed by atoms with E-state index in [9.17, 15) is 14.9 Å². The molecule has 2 aromatic rings. The van der Waals surface area contributed by atoms with Crippen molar-refractivity contribution in [2.45, 2.75) is 31.2 Å². The fourth-order valence-corrected chi connectivity index (χ4v) is 2.62. The molecule has 1 atom stereocenters. The van der Waals surface area contributed by atoms with Crippen molar-refractivity contribution in [2.75, 3.05) is 0 Å². The second kappa shape index (κ2) is 4.85. The van der Waals surface area contributed by atoms with Crippen LogP contribution in [-0.2, 0) is 11.2 Å². The van der Waals surface area contributed by atoms with Crippen molar-refractivity contribution >= 4 is 22.6 Å². The number of non-ortho nitro benzene ring substituents is 1. The molecular formula is C14H15N3O4. The summed E-state index contributed by atoms with van der Waals surface area (Å²) in [7, 11) is 0. The highest BCUT2D eigenvalue weighted by Crippen LogP contribution is 2.43. The van der Waals surface area contributed by atoms with Gasteiger partial charge in [-0.15, -0.1) is 0 Å². The molecule has 21 heavy (non-hydrogen) atoms. The SMILES string of the molecule is NC(Cc1c[nH]c2cc(C3CC3)cc([N+](=O)[O-])c12)C(=O)O. The van der Waals surface area contributed by atoms with Crippen molar-refractivity contribution in [2.24, 2.45) is 5.73 Å². The first kappa shape index (κ1) is 13.6. The van der Waals surface area contributed by atoms with Gasteiger partial charge in [-0.3, -0.25) is 14.9 Å². The molecule has 1 fully saturated rings. The number of nitro groups is 1. The van der Waals surface area contributed by atoms with Crippen molar-refractivity contribution < 1.29 is 14.8 Å². The van der Waals surface area contributed by atoms with Gasteiger partial charge in [0.1, 0.15) is 6.04 Å². The fraction of sp³-hybridized carbons (Fsp3) is 0.357. The van der Waals surface area contributed by atoms with Crippen LogP contribution in [0, 0.1) is 10.1 Å². The average Bonchev–Trinajstić information content (AvgIpc) is 3.21. The van der Waals surface area contributed by atoms with E-state index in [1.165, 1.54) is 0 Å². The Morgan fingerprint density at radius 3 is 2.81 bits per heavy atom. The number of aromatic nitrogens is 1. The smallest absolute Gasteiger partial charge is 0.320 e. The summed E-state index contributed by atoms with van der Waals surface area (Å²) in [6, 6.07) is 2.44. The summed E-state index contributed by atoms with van der Waals surface area (Å²) in [5.74, 6) is -0.720. The average molecular weight is 289 g/mol. The predicted octanol–water partition coefficient (Wildman–Crippen LogP) is 1.91. The van der Waals surface area contributed by atoms with Gasteiger partial charge in [-0.05, 0) is 36.0 Å². The number of nitrogens with one attached hydrogen (secondary N) is 1. The van der Waals surface area contributed by atoms with Crippen molar-refractivity contribution in [1.82, 2.24) is 4.98 Å². The second-order valence-corrected chi connectivity index (χ2v) is 5.46. The maximum Gasteiger partial charge on any atom is 0.320 e. The molecule has 1 heterocycles. The quantitative estimate of drug-likeness (QED) is 0.573. The molecule has 0 radical (unpaired) electrons. The van der Waals surface area contributed by atoms with E-state index in [2.05, 4.69) is 4.98 Å². The van der Waals surface area contributed by atoms with E-state index in [-0.39, 0.29) is 12.1 Å². The minimum atomic E-state index is -1.12. The number of fused-ring (bicyclic) bond motifs is 1. The van der Waals surface area contributed by atoms with Crippen LogP contribution >= 0.6 is 0 Å². The number of H-pyrrole nitrogens is 1. The third-order valence-corrected chi connectivity index (χ3v) is 3.87. The van der Waals surface area contributed by atoms with E-state index >= 15 is 0 Å². The largest absolute Gasteiger partial charge is 0.480 e. The number of carboxylic acid groups (broad SMARTS) is 1. The van der Waals surface area contributed by atoms with Crippen LogP contribution in [0.2, 0.25) is 0 Å². The number of carboxylic acids is 1. The Labute approximate surface area is 119 Å². The molecule has 4 N–H and O–H groups in total. The Kier molecular flexibility index (Phi) is 3.13. The van der Waals surface area contributed by atoms with Gasteiger partial charge >= 0.3 is 5.97 Å². The lowest BCUT2D eigenvalue weighted by atomic mass is 10.0. The molecule has 3 rings (SSSR count). The molecule has 0 saturated heterocycles. The van der Waals surface area contributed by atoms with E-state index in [0.29, 0.717) is 22.4 Å². The van der Waals surface area contributed by atoms with E-state index in [1.54, 1.807) is 12.3 Å². The number of nitrogens with zero attached hydrogens (tertiary/aromatic N) is 1. The molecule has 1 aliphatic rings. The molecule has 1 saturated carbocycles. The standard InChI is InChI=1S/C14H15N3O4/c15-10(14(18)19)3-9-6-16-11-4-8(7-1-2-7)5-12(13(9)11)17(20)21/h4-7,10,16H,1-3,15H2,(H,18,19). The Bertz CT molecular complexity index is 733. The Balaban J connectivity index is 2.10. The molecule has 1 aliphatic carbocycles. The first-order chi connectivity index (χ1) is 9.97. The van der Waals surface area contributed by atoms with Gasteiger partial charge in [0, 0.05) is 18.7 Å². The summed E-state index contributed by atoms with van der Waals surface area (Å²) in [6.45, 7) is 0. The number of nitro benzene ring substituents is 1. The van der Waals surface area contributed by atoms with Crippen molar-refractivity contribution in [3.8, 4) is 0 Å². The Hall–Kier alpha value is -2.41. The van der Waals surface area contributed by atoms with Crippen LogP contribution in [0.15, 0.2) is 18.3 Å². The predicted molar refractivity (Wildman–Crippen MR) is 76.2 cm³/mol. The van der Waals surface area contributed by atoms with E-state index < -0.39 is 16.9 Å². The monoisotopic (exact) mass is 289 g/mol. The number of carbonyl (C=O) groups is 1. The molecule has 1 aromatic heterocycles. The Morgan fingerprint density at radius 1 is 1.52 bits per heavy atom. The summed E-state index contributed by atoms with van der Waals surface area (Å²) < 4.78 is 0. The molecular weight excluding hydrogens is 274 g/mol. The highest BCUT2D eigenvalue weighted by molar-refractivity contribution is 5.93. The molecule has 0 bridgehead atoms. The van der Waals surface area contributed by atoms with E-state index in [0.717, 1.165) is 18.4 Å². The van der Waals surface area contributed by atoms with Crippen LogP contribution < -0.4 is 5.73 Å². The van der Waals surface area contributed by atoms with Gasteiger partial charge in [-0.2, -0.15) is 0 Å². The van der Waals surface area contributed by atoms with Gasteiger partial charge in [0.15, 0.2) is 0 Å². The highest BCUT2D eigenvalue weighted by atomic mass is 16.6. The normalized spacial score (nSPS) is 16.0. The number of nitrogens with two attached hydrogens (primary N) is 1. The summed E-state index contributed by atoms with van der Waals surface area (Å²) in [4.78, 5) is 24.8. The molecule has 0 spiro atoms. The number of benzene rings is 1. The molecule has 110 valence electrons. The molecule has 0 aliphatic heterocycles. The Morgan fingerprint density at radius 2 is 2.24 bits per heavy atom. The second-order valence-electron chi connectivity index (χ2n) is 5.46. The lowest BCUT2D eigenvalue weighted by Gasteiger charge is -2.06. The number of hydrogen-bond donors (Lipinski definition) is 3. The topological polar surface area (TPSA) is 122 Å². The van der Waals surface area contributed by atoms with Gasteiger partial charge in [-0.1, -0.05) is 0 Å². The highest BCUT2D eigenvalue weighted by Gasteiger charge is 2.28. The third kappa shape index (κ3) is 2.47. The van der Waals surface area contributed by atoms with Crippen LogP contribution in [0.5, 0.6) is 0 Å². The summed E-state index contributed by atoms with van der Waals surface area (Å²) in [6.07, 6.45) is 3.77. The molecule has 7 heteroatoms. The van der Waals surface area contributed by atoms with Gasteiger partial charge in [0.25, 0.3) is 5.69 Å². The minimum Gasteiger partial charge on any atom is -0.480 e. The zero-order chi connectivity index (χ0) is 15.1. The molecule has 1 unspecified atom stereocenters. The van der Waals surface area contributed by atoms with Gasteiger partial charge in [-0.25, -0.2) is 0 Å². The zero-order valence-electron chi connectivity index (χ0n) is 11.2. The third-order valence-electron chi connectivity index (χ3n) is 3.87. The molecule has 1 aromatic carbocycles. The van der Waals surface area contributed by atoms with Crippen molar-refractivity contribution in [3.63, 3.8) is 0 Å². The maximum absolute atomic E-state index is 11.3. The molecule has 0 amide bonds. The van der Waals surface area contributed by atoms with Gasteiger partial charge in [0.05, 0.1) is 15.8 Å².